The van der Waals surface area contributed by atoms with Crippen LogP contribution >= 0.6 is 0 Å². The predicted molar refractivity (Wildman–Crippen MR) is 114 cm³/mol. The number of aliphatic imine (C=N–C) groups is 1. The van der Waals surface area contributed by atoms with Gasteiger partial charge in [-0.2, -0.15) is 5.10 Å². The van der Waals surface area contributed by atoms with E-state index in [9.17, 15) is 4.79 Å². The van der Waals surface area contributed by atoms with E-state index in [1.807, 2.05) is 18.1 Å². The molecule has 3 heterocycles. The summed E-state index contributed by atoms with van der Waals surface area (Å²) in [6.07, 6.45) is 5.96. The Bertz CT molecular complexity index is 682. The molecule has 9 nitrogen and oxygen atoms in total. The van der Waals surface area contributed by atoms with Crippen molar-refractivity contribution in [2.75, 3.05) is 71.0 Å². The smallest absolute Gasteiger partial charge is 0.246 e. The molecule has 0 spiro atoms. The number of methoxy groups -OCH3 is 1. The molecule has 9 heteroatoms. The van der Waals surface area contributed by atoms with Crippen LogP contribution in [-0.2, 0) is 16.6 Å². The van der Waals surface area contributed by atoms with Crippen LogP contribution < -0.4 is 10.2 Å². The number of rotatable bonds is 7. The van der Waals surface area contributed by atoms with E-state index >= 15 is 0 Å². The molecule has 29 heavy (non-hydrogen) atoms. The highest BCUT2D eigenvalue weighted by atomic mass is 16.5. The molecule has 0 bridgehead atoms. The molecule has 2 aliphatic heterocycles. The fourth-order valence-corrected chi connectivity index (χ4v) is 3.93. The van der Waals surface area contributed by atoms with Crippen LogP contribution in [0.15, 0.2) is 17.4 Å². The number of amides is 1. The molecule has 2 saturated heterocycles. The van der Waals surface area contributed by atoms with Crippen LogP contribution in [-0.4, -0.2) is 97.5 Å². The zero-order valence-corrected chi connectivity index (χ0v) is 18.0. The molecule has 0 aliphatic carbocycles. The summed E-state index contributed by atoms with van der Waals surface area (Å²) < 4.78 is 6.90. The third-order valence-corrected chi connectivity index (χ3v) is 5.68. The summed E-state index contributed by atoms with van der Waals surface area (Å²) in [4.78, 5) is 23.9. The second kappa shape index (κ2) is 10.6. The number of hydrogen-bond donors (Lipinski definition) is 1. The van der Waals surface area contributed by atoms with Gasteiger partial charge in [0.1, 0.15) is 6.54 Å². The molecule has 3 rings (SSSR count). The first-order valence-electron chi connectivity index (χ1n) is 10.6. The maximum absolute atomic E-state index is 12.7. The topological polar surface area (TPSA) is 78.2 Å². The van der Waals surface area contributed by atoms with Crippen molar-refractivity contribution in [3.05, 3.63) is 12.4 Å². The lowest BCUT2D eigenvalue weighted by Crippen LogP contribution is -2.55. The van der Waals surface area contributed by atoms with Crippen LogP contribution in [0.25, 0.3) is 0 Å². The average Bonchev–Trinajstić information content (AvgIpc) is 3.16. The van der Waals surface area contributed by atoms with Crippen molar-refractivity contribution < 1.29 is 9.53 Å². The summed E-state index contributed by atoms with van der Waals surface area (Å²) >= 11 is 0. The molecular formula is C20H35N7O2. The zero-order chi connectivity index (χ0) is 20.6. The minimum absolute atomic E-state index is 0.0845. The lowest BCUT2D eigenvalue weighted by molar-refractivity contribution is -0.120. The third-order valence-electron chi connectivity index (χ3n) is 5.68. The van der Waals surface area contributed by atoms with Gasteiger partial charge in [-0.05, 0) is 38.8 Å². The van der Waals surface area contributed by atoms with Gasteiger partial charge in [0.25, 0.3) is 0 Å². The number of guanidine groups is 1. The standard InChI is InChI=1S/C20H35N7O2/c1-4-21-20(22-13-17-5-7-25(8-6-17)11-12-29-3)26-9-10-27(19(28)16-26)18-14-23-24(2)15-18/h14-15,17H,4-13,16H2,1-3H3,(H,21,22). The summed E-state index contributed by atoms with van der Waals surface area (Å²) in [6, 6.07) is 0. The Hall–Kier alpha value is -2.13. The van der Waals surface area contributed by atoms with Gasteiger partial charge in [-0.15, -0.1) is 0 Å². The van der Waals surface area contributed by atoms with E-state index in [2.05, 4.69) is 27.1 Å². The van der Waals surface area contributed by atoms with E-state index in [4.69, 9.17) is 9.73 Å². The first-order valence-corrected chi connectivity index (χ1v) is 10.6. The number of ether oxygens (including phenoxy) is 1. The molecule has 1 aromatic heterocycles. The molecule has 0 radical (unpaired) electrons. The number of nitrogens with zero attached hydrogens (tertiary/aromatic N) is 6. The monoisotopic (exact) mass is 405 g/mol. The largest absolute Gasteiger partial charge is 0.383 e. The van der Waals surface area contributed by atoms with Crippen LogP contribution in [0, 0.1) is 5.92 Å². The van der Waals surface area contributed by atoms with Crippen molar-refractivity contribution in [1.82, 2.24) is 24.9 Å². The van der Waals surface area contributed by atoms with E-state index in [1.54, 1.807) is 18.0 Å². The molecule has 0 atom stereocenters. The fourth-order valence-electron chi connectivity index (χ4n) is 3.93. The Balaban J connectivity index is 1.52. The molecule has 0 aromatic carbocycles. The quantitative estimate of drug-likeness (QED) is 0.522. The van der Waals surface area contributed by atoms with Gasteiger partial charge in [-0.3, -0.25) is 14.5 Å². The Labute approximate surface area is 173 Å². The van der Waals surface area contributed by atoms with Crippen LogP contribution in [0.2, 0.25) is 0 Å². The second-order valence-electron chi connectivity index (χ2n) is 7.81. The number of piperazine rings is 1. The number of piperidine rings is 1. The number of anilines is 1. The SMILES string of the molecule is CCNC(=NCC1CCN(CCOC)CC1)N1CCN(c2cnn(C)c2)C(=O)C1. The Kier molecular flexibility index (Phi) is 7.88. The first-order chi connectivity index (χ1) is 14.1. The molecule has 1 N–H and O–H groups in total. The average molecular weight is 406 g/mol. The maximum Gasteiger partial charge on any atom is 0.246 e. The van der Waals surface area contributed by atoms with Crippen LogP contribution in [0.3, 0.4) is 0 Å². The molecular weight excluding hydrogens is 370 g/mol. The van der Waals surface area contributed by atoms with Gasteiger partial charge >= 0.3 is 0 Å². The van der Waals surface area contributed by atoms with E-state index in [0.29, 0.717) is 19.0 Å². The van der Waals surface area contributed by atoms with Crippen molar-refractivity contribution in [3.63, 3.8) is 0 Å². The summed E-state index contributed by atoms with van der Waals surface area (Å²) in [5, 5.41) is 7.55. The summed E-state index contributed by atoms with van der Waals surface area (Å²) in [5.74, 6) is 1.55. The Morgan fingerprint density at radius 1 is 1.31 bits per heavy atom. The highest BCUT2D eigenvalue weighted by Gasteiger charge is 2.28. The second-order valence-corrected chi connectivity index (χ2v) is 7.81. The molecule has 2 aliphatic rings. The molecule has 1 amide bonds. The van der Waals surface area contributed by atoms with Crippen molar-refractivity contribution in [2.45, 2.75) is 19.8 Å². The predicted octanol–water partition coefficient (Wildman–Crippen LogP) is 0.393. The van der Waals surface area contributed by atoms with Crippen LogP contribution in [0.4, 0.5) is 5.69 Å². The molecule has 162 valence electrons. The van der Waals surface area contributed by atoms with Gasteiger partial charge in [0.2, 0.25) is 5.91 Å². The van der Waals surface area contributed by atoms with Crippen LogP contribution in [0.1, 0.15) is 19.8 Å². The van der Waals surface area contributed by atoms with Gasteiger partial charge in [-0.25, -0.2) is 0 Å². The molecule has 1 aromatic rings. The van der Waals surface area contributed by atoms with Crippen molar-refractivity contribution in [3.8, 4) is 0 Å². The summed E-state index contributed by atoms with van der Waals surface area (Å²) in [5.41, 5.74) is 0.860. The lowest BCUT2D eigenvalue weighted by Gasteiger charge is -2.36. The molecule has 0 unspecified atom stereocenters. The minimum atomic E-state index is 0.0845. The minimum Gasteiger partial charge on any atom is -0.383 e. The van der Waals surface area contributed by atoms with E-state index < -0.39 is 0 Å². The first kappa shape index (κ1) is 21.6. The number of aryl methyl sites for hydroxylation is 1. The van der Waals surface area contributed by atoms with Crippen LogP contribution in [0.5, 0.6) is 0 Å². The number of likely N-dealkylation sites (tertiary alicyclic amines) is 1. The van der Waals surface area contributed by atoms with Crippen molar-refractivity contribution in [2.24, 2.45) is 18.0 Å². The van der Waals surface area contributed by atoms with Crippen molar-refractivity contribution in [1.29, 1.82) is 0 Å². The zero-order valence-electron chi connectivity index (χ0n) is 18.0. The Morgan fingerprint density at radius 2 is 2.10 bits per heavy atom. The maximum atomic E-state index is 12.7. The highest BCUT2D eigenvalue weighted by Crippen LogP contribution is 2.18. The third kappa shape index (κ3) is 5.93. The van der Waals surface area contributed by atoms with E-state index in [-0.39, 0.29) is 5.91 Å². The van der Waals surface area contributed by atoms with Gasteiger partial charge in [-0.1, -0.05) is 0 Å². The Morgan fingerprint density at radius 3 is 2.72 bits per heavy atom. The lowest BCUT2D eigenvalue weighted by atomic mass is 9.97. The number of hydrogen-bond acceptors (Lipinski definition) is 5. The number of aromatic nitrogens is 2. The summed E-state index contributed by atoms with van der Waals surface area (Å²) in [7, 11) is 3.62. The summed E-state index contributed by atoms with van der Waals surface area (Å²) in [6.45, 7) is 9.47. The highest BCUT2D eigenvalue weighted by molar-refractivity contribution is 5.98. The molecule has 0 saturated carbocycles. The normalized spacial score (nSPS) is 19.8. The van der Waals surface area contributed by atoms with Gasteiger partial charge < -0.3 is 24.8 Å². The number of nitrogens with one attached hydrogen (secondary N) is 1. The number of carbonyl (C=O) groups is 1. The van der Waals surface area contributed by atoms with Crippen molar-refractivity contribution >= 4 is 17.6 Å². The van der Waals surface area contributed by atoms with Gasteiger partial charge in [0.15, 0.2) is 5.96 Å². The van der Waals surface area contributed by atoms with E-state index in [1.165, 1.54) is 12.8 Å². The van der Waals surface area contributed by atoms with Gasteiger partial charge in [0, 0.05) is 53.1 Å². The van der Waals surface area contributed by atoms with E-state index in [0.717, 1.165) is 57.5 Å². The number of carbonyl (C=O) groups excluding carboxylic acids is 1. The fraction of sp³-hybridized carbons (Fsp3) is 0.750. The van der Waals surface area contributed by atoms with Gasteiger partial charge in [0.05, 0.1) is 18.5 Å². The molecule has 2 fully saturated rings.